The number of halogens is 2. The number of rotatable bonds is 10. The molecule has 10 heteroatoms. The third kappa shape index (κ3) is 8.97. The Hall–Kier alpha value is -4.05. The van der Waals surface area contributed by atoms with Gasteiger partial charge in [0, 0.05) is 31.7 Å². The highest BCUT2D eigenvalue weighted by Crippen LogP contribution is 2.32. The normalized spacial score (nSPS) is 11.8. The van der Waals surface area contributed by atoms with Crippen molar-refractivity contribution in [2.24, 2.45) is 0 Å². The van der Waals surface area contributed by atoms with Crippen molar-refractivity contribution in [2.45, 2.75) is 24.0 Å². The Kier molecular flexibility index (Phi) is 11.1. The molecule has 1 unspecified atom stereocenters. The van der Waals surface area contributed by atoms with Gasteiger partial charge in [0.15, 0.2) is 0 Å². The van der Waals surface area contributed by atoms with Crippen molar-refractivity contribution in [3.63, 3.8) is 0 Å². The van der Waals surface area contributed by atoms with E-state index in [1.807, 2.05) is 43.3 Å². The van der Waals surface area contributed by atoms with Crippen LogP contribution in [0.25, 0.3) is 6.08 Å². The number of ether oxygens (including phenoxy) is 1. The average Bonchev–Trinajstić information content (AvgIpc) is 3.00. The van der Waals surface area contributed by atoms with Crippen LogP contribution in [0.15, 0.2) is 106 Å². The van der Waals surface area contributed by atoms with Crippen LogP contribution in [0.2, 0.25) is 5.02 Å². The number of aryl methyl sites for hydroxylation is 1. The van der Waals surface area contributed by atoms with E-state index in [0.717, 1.165) is 20.5 Å². The number of anilines is 2. The van der Waals surface area contributed by atoms with E-state index >= 15 is 0 Å². The lowest BCUT2D eigenvalue weighted by molar-refractivity contribution is -0.115. The minimum absolute atomic E-state index is 0.0779. The van der Waals surface area contributed by atoms with Crippen molar-refractivity contribution in [2.75, 3.05) is 17.7 Å². The lowest BCUT2D eigenvalue weighted by Crippen LogP contribution is -2.30. The Morgan fingerprint density at radius 3 is 2.35 bits per heavy atom. The average molecular weight is 679 g/mol. The van der Waals surface area contributed by atoms with Crippen molar-refractivity contribution >= 4 is 74.5 Å². The number of amides is 3. The van der Waals surface area contributed by atoms with Crippen LogP contribution in [0.1, 0.15) is 28.4 Å². The molecular weight excluding hydrogens is 650 g/mol. The zero-order valence-electron chi connectivity index (χ0n) is 23.6. The summed E-state index contributed by atoms with van der Waals surface area (Å²) < 4.78 is 6.26. The fourth-order valence-electron chi connectivity index (χ4n) is 3.94. The number of hydrogen-bond donors (Lipinski definition) is 3. The van der Waals surface area contributed by atoms with Crippen molar-refractivity contribution in [1.82, 2.24) is 5.32 Å². The predicted molar refractivity (Wildman–Crippen MR) is 178 cm³/mol. The molecule has 3 N–H and O–H groups in total. The van der Waals surface area contributed by atoms with E-state index in [4.69, 9.17) is 16.3 Å². The Labute approximate surface area is 268 Å². The first-order valence-electron chi connectivity index (χ1n) is 13.2. The molecule has 0 bridgehead atoms. The molecule has 3 amide bonds. The van der Waals surface area contributed by atoms with Gasteiger partial charge in [-0.05, 0) is 79.6 Å². The van der Waals surface area contributed by atoms with Crippen molar-refractivity contribution in [1.29, 1.82) is 0 Å². The zero-order chi connectivity index (χ0) is 30.9. The van der Waals surface area contributed by atoms with Gasteiger partial charge in [-0.25, -0.2) is 0 Å². The first-order valence-corrected chi connectivity index (χ1v) is 15.2. The molecule has 7 nitrogen and oxygen atoms in total. The van der Waals surface area contributed by atoms with Crippen LogP contribution in [-0.4, -0.2) is 30.1 Å². The topological polar surface area (TPSA) is 96.5 Å². The van der Waals surface area contributed by atoms with Gasteiger partial charge in [-0.3, -0.25) is 14.4 Å². The summed E-state index contributed by atoms with van der Waals surface area (Å²) in [6, 6.07) is 26.6. The third-order valence-electron chi connectivity index (χ3n) is 6.22. The lowest BCUT2D eigenvalue weighted by atomic mass is 10.1. The predicted octanol–water partition coefficient (Wildman–Crippen LogP) is 7.95. The second kappa shape index (κ2) is 14.9. The Balaban J connectivity index is 1.48. The largest absolute Gasteiger partial charge is 0.495 e. The van der Waals surface area contributed by atoms with Gasteiger partial charge in [0.1, 0.15) is 11.4 Å². The van der Waals surface area contributed by atoms with Gasteiger partial charge in [-0.2, -0.15) is 0 Å². The third-order valence-corrected chi connectivity index (χ3v) is 8.25. The van der Waals surface area contributed by atoms with Crippen molar-refractivity contribution in [3.05, 3.63) is 123 Å². The molecule has 0 saturated carbocycles. The Morgan fingerprint density at radius 1 is 0.930 bits per heavy atom. The van der Waals surface area contributed by atoms with Crippen LogP contribution in [0.3, 0.4) is 0 Å². The quantitative estimate of drug-likeness (QED) is 0.117. The van der Waals surface area contributed by atoms with Gasteiger partial charge in [-0.15, -0.1) is 11.8 Å². The summed E-state index contributed by atoms with van der Waals surface area (Å²) >= 11 is 10.9. The number of thioether (sulfide) groups is 1. The van der Waals surface area contributed by atoms with Gasteiger partial charge >= 0.3 is 0 Å². The summed E-state index contributed by atoms with van der Waals surface area (Å²) in [7, 11) is 1.52. The van der Waals surface area contributed by atoms with E-state index in [0.29, 0.717) is 27.7 Å². The standard InChI is InChI=1S/C33H29BrClN3O4S/c1-20-16-28(30(42-3)19-27(20)35)37-31(39)21(2)43-26-11-7-10-25(18-26)36-33(41)29(17-22-12-14-24(34)15-13-22)38-32(40)23-8-5-4-6-9-23/h4-19,21H,1-3H3,(H,36,41)(H,37,39)(H,38,40)/b29-17-. The van der Waals surface area contributed by atoms with Crippen LogP contribution in [-0.2, 0) is 9.59 Å². The maximum absolute atomic E-state index is 13.4. The fourth-order valence-corrected chi connectivity index (χ4v) is 5.28. The molecule has 4 aromatic rings. The Bertz CT molecular complexity index is 1660. The van der Waals surface area contributed by atoms with Gasteiger partial charge in [0.2, 0.25) is 5.91 Å². The van der Waals surface area contributed by atoms with Crippen LogP contribution in [0, 0.1) is 6.92 Å². The van der Waals surface area contributed by atoms with E-state index in [-0.39, 0.29) is 11.6 Å². The lowest BCUT2D eigenvalue weighted by Gasteiger charge is -2.16. The number of benzene rings is 4. The van der Waals surface area contributed by atoms with Crippen molar-refractivity contribution in [3.8, 4) is 5.75 Å². The first-order chi connectivity index (χ1) is 20.6. The molecule has 0 saturated heterocycles. The monoisotopic (exact) mass is 677 g/mol. The van der Waals surface area contributed by atoms with Crippen LogP contribution in [0.5, 0.6) is 5.75 Å². The van der Waals surface area contributed by atoms with Crippen molar-refractivity contribution < 1.29 is 19.1 Å². The molecule has 4 aromatic carbocycles. The van der Waals surface area contributed by atoms with Gasteiger partial charge in [-0.1, -0.05) is 63.9 Å². The Morgan fingerprint density at radius 2 is 1.65 bits per heavy atom. The van der Waals surface area contributed by atoms with E-state index in [1.165, 1.54) is 18.9 Å². The van der Waals surface area contributed by atoms with Gasteiger partial charge in [0.05, 0.1) is 18.0 Å². The second-order valence-corrected chi connectivity index (χ2v) is 12.2. The molecule has 0 fully saturated rings. The molecule has 0 aliphatic heterocycles. The number of carbonyl (C=O) groups excluding carboxylic acids is 3. The van der Waals surface area contributed by atoms with E-state index in [1.54, 1.807) is 67.6 Å². The molecule has 43 heavy (non-hydrogen) atoms. The molecule has 0 aromatic heterocycles. The number of hydrogen-bond acceptors (Lipinski definition) is 5. The summed E-state index contributed by atoms with van der Waals surface area (Å²) in [5.41, 5.74) is 3.09. The van der Waals surface area contributed by atoms with E-state index < -0.39 is 17.1 Å². The van der Waals surface area contributed by atoms with Crippen LogP contribution < -0.4 is 20.7 Å². The first kappa shape index (κ1) is 31.9. The van der Waals surface area contributed by atoms with E-state index in [9.17, 15) is 14.4 Å². The second-order valence-electron chi connectivity index (χ2n) is 9.46. The molecule has 0 aliphatic carbocycles. The summed E-state index contributed by atoms with van der Waals surface area (Å²) in [5.74, 6) is -0.652. The summed E-state index contributed by atoms with van der Waals surface area (Å²) in [4.78, 5) is 40.1. The summed E-state index contributed by atoms with van der Waals surface area (Å²) in [6.07, 6.45) is 1.61. The molecule has 0 spiro atoms. The van der Waals surface area contributed by atoms with Gasteiger partial charge < -0.3 is 20.7 Å². The molecule has 220 valence electrons. The van der Waals surface area contributed by atoms with E-state index in [2.05, 4.69) is 31.9 Å². The number of carbonyl (C=O) groups is 3. The molecular formula is C33H29BrClN3O4S. The highest BCUT2D eigenvalue weighted by Gasteiger charge is 2.19. The highest BCUT2D eigenvalue weighted by atomic mass is 79.9. The summed E-state index contributed by atoms with van der Waals surface area (Å²) in [5, 5.41) is 8.59. The molecule has 1 atom stereocenters. The zero-order valence-corrected chi connectivity index (χ0v) is 26.8. The minimum Gasteiger partial charge on any atom is -0.495 e. The molecule has 0 heterocycles. The maximum Gasteiger partial charge on any atom is 0.272 e. The number of methoxy groups -OCH3 is 1. The summed E-state index contributed by atoms with van der Waals surface area (Å²) in [6.45, 7) is 3.64. The molecule has 4 rings (SSSR count). The molecule has 0 radical (unpaired) electrons. The number of nitrogens with one attached hydrogen (secondary N) is 3. The maximum atomic E-state index is 13.4. The highest BCUT2D eigenvalue weighted by molar-refractivity contribution is 9.10. The molecule has 0 aliphatic rings. The fraction of sp³-hybridized carbons (Fsp3) is 0.121. The minimum atomic E-state index is -0.495. The van der Waals surface area contributed by atoms with Gasteiger partial charge in [0.25, 0.3) is 11.8 Å². The smallest absolute Gasteiger partial charge is 0.272 e. The SMILES string of the molecule is COc1cc(Cl)c(C)cc1NC(=O)C(C)Sc1cccc(NC(=O)/C(=C/c2ccc(Br)cc2)NC(=O)c2ccccc2)c1. The van der Waals surface area contributed by atoms with Crippen LogP contribution in [0.4, 0.5) is 11.4 Å². The van der Waals surface area contributed by atoms with Crippen LogP contribution >= 0.6 is 39.3 Å².